The molecule has 1 aromatic heterocycles. The maximum Gasteiger partial charge on any atom is 0.390 e. The molecule has 0 aromatic carbocycles. The molecule has 0 fully saturated rings. The summed E-state index contributed by atoms with van der Waals surface area (Å²) in [7, 11) is -3.97. The summed E-state index contributed by atoms with van der Waals surface area (Å²) in [5, 5.41) is -0.176. The highest BCUT2D eigenvalue weighted by molar-refractivity contribution is 7.89. The Balaban J connectivity index is 2.93. The molecular formula is C11H18F3N3O2S. The second-order valence-corrected chi connectivity index (χ2v) is 6.56. The van der Waals surface area contributed by atoms with Gasteiger partial charge in [-0.05, 0) is 0 Å². The average Bonchev–Trinajstić information content (AvgIpc) is 2.77. The summed E-state index contributed by atoms with van der Waals surface area (Å²) in [5.74, 6) is 0.486. The van der Waals surface area contributed by atoms with Crippen molar-refractivity contribution in [1.29, 1.82) is 0 Å². The molecule has 9 heteroatoms. The smallest absolute Gasteiger partial charge is 0.332 e. The molecule has 0 aliphatic carbocycles. The van der Waals surface area contributed by atoms with E-state index in [1.54, 1.807) is 0 Å². The molecule has 20 heavy (non-hydrogen) atoms. The molecule has 0 spiro atoms. The molecule has 0 saturated heterocycles. The van der Waals surface area contributed by atoms with Crippen molar-refractivity contribution < 1.29 is 21.6 Å². The van der Waals surface area contributed by atoms with Crippen LogP contribution in [0, 0.1) is 0 Å². The Bertz CT molecular complexity index is 537. The summed E-state index contributed by atoms with van der Waals surface area (Å²) in [6, 6.07) is 0. The lowest BCUT2D eigenvalue weighted by molar-refractivity contribution is -0.135. The Labute approximate surface area is 116 Å². The van der Waals surface area contributed by atoms with Gasteiger partial charge < -0.3 is 4.98 Å². The zero-order chi connectivity index (χ0) is 15.6. The van der Waals surface area contributed by atoms with E-state index in [4.69, 9.17) is 0 Å². The third-order valence-electron chi connectivity index (χ3n) is 2.73. The van der Waals surface area contributed by atoms with Crippen LogP contribution in [0.4, 0.5) is 13.2 Å². The van der Waals surface area contributed by atoms with Gasteiger partial charge in [0.1, 0.15) is 5.82 Å². The Hall–Kier alpha value is -1.09. The van der Waals surface area contributed by atoms with Gasteiger partial charge in [0.05, 0.1) is 12.6 Å². The molecule has 1 heterocycles. The predicted molar refractivity (Wildman–Crippen MR) is 67.8 cm³/mol. The van der Waals surface area contributed by atoms with Crippen LogP contribution in [0.25, 0.3) is 0 Å². The fraction of sp³-hybridized carbons (Fsp3) is 0.727. The van der Waals surface area contributed by atoms with Gasteiger partial charge in [-0.25, -0.2) is 13.4 Å². The van der Waals surface area contributed by atoms with E-state index in [1.165, 1.54) is 6.92 Å². The van der Waals surface area contributed by atoms with Crippen LogP contribution in [0.2, 0.25) is 0 Å². The molecule has 0 bridgehead atoms. The summed E-state index contributed by atoms with van der Waals surface area (Å²) < 4.78 is 61.8. The third kappa shape index (κ3) is 4.20. The van der Waals surface area contributed by atoms with Crippen molar-refractivity contribution in [2.75, 3.05) is 13.1 Å². The summed E-state index contributed by atoms with van der Waals surface area (Å²) >= 11 is 0. The number of imidazole rings is 1. The number of aromatic nitrogens is 2. The Morgan fingerprint density at radius 3 is 2.40 bits per heavy atom. The molecule has 5 nitrogen and oxygen atoms in total. The molecule has 0 aliphatic heterocycles. The molecule has 1 rings (SSSR count). The minimum atomic E-state index is -4.39. The molecule has 0 unspecified atom stereocenters. The van der Waals surface area contributed by atoms with E-state index in [0.717, 1.165) is 10.5 Å². The maximum atomic E-state index is 12.2. The minimum Gasteiger partial charge on any atom is -0.332 e. The van der Waals surface area contributed by atoms with Crippen molar-refractivity contribution in [3.8, 4) is 0 Å². The van der Waals surface area contributed by atoms with Crippen LogP contribution in [-0.2, 0) is 10.0 Å². The van der Waals surface area contributed by atoms with Crippen molar-refractivity contribution >= 4 is 10.0 Å². The number of aromatic amines is 1. The number of sulfonamides is 1. The normalized spacial score (nSPS) is 13.4. The summed E-state index contributed by atoms with van der Waals surface area (Å²) in [5.41, 5.74) is 0. The van der Waals surface area contributed by atoms with E-state index in [2.05, 4.69) is 9.97 Å². The highest BCUT2D eigenvalue weighted by Crippen LogP contribution is 2.22. The van der Waals surface area contributed by atoms with Crippen molar-refractivity contribution in [3.05, 3.63) is 12.0 Å². The van der Waals surface area contributed by atoms with Gasteiger partial charge in [-0.3, -0.25) is 0 Å². The van der Waals surface area contributed by atoms with Gasteiger partial charge in [0, 0.05) is 19.0 Å². The van der Waals surface area contributed by atoms with E-state index in [-0.39, 0.29) is 17.5 Å². The molecular weight excluding hydrogens is 295 g/mol. The van der Waals surface area contributed by atoms with Gasteiger partial charge in [-0.2, -0.15) is 17.5 Å². The van der Waals surface area contributed by atoms with Crippen molar-refractivity contribution in [1.82, 2.24) is 14.3 Å². The molecule has 0 atom stereocenters. The van der Waals surface area contributed by atoms with Gasteiger partial charge in [0.2, 0.25) is 0 Å². The van der Waals surface area contributed by atoms with Crippen LogP contribution in [0.1, 0.15) is 38.9 Å². The Morgan fingerprint density at radius 1 is 1.40 bits per heavy atom. The third-order valence-corrected chi connectivity index (χ3v) is 4.62. The van der Waals surface area contributed by atoms with Crippen LogP contribution in [0.5, 0.6) is 0 Å². The highest BCUT2D eigenvalue weighted by atomic mass is 32.2. The number of rotatable bonds is 6. The van der Waals surface area contributed by atoms with Crippen molar-refractivity contribution in [2.24, 2.45) is 0 Å². The fourth-order valence-electron chi connectivity index (χ4n) is 1.58. The standard InChI is InChI=1S/C11H18F3N3O2S/c1-4-17(6-5-11(12,13)14)20(18,19)9-7-15-10(16-9)8(2)3/h7-8H,4-6H2,1-3H3,(H,15,16). The highest BCUT2D eigenvalue weighted by Gasteiger charge is 2.32. The van der Waals surface area contributed by atoms with Crippen molar-refractivity contribution in [3.63, 3.8) is 0 Å². The van der Waals surface area contributed by atoms with Gasteiger partial charge >= 0.3 is 6.18 Å². The topological polar surface area (TPSA) is 66.1 Å². The number of nitrogens with one attached hydrogen (secondary N) is 1. The largest absolute Gasteiger partial charge is 0.390 e. The zero-order valence-corrected chi connectivity index (χ0v) is 12.3. The maximum absolute atomic E-state index is 12.2. The lowest BCUT2D eigenvalue weighted by atomic mass is 10.2. The predicted octanol–water partition coefficient (Wildman–Crippen LogP) is 2.50. The summed E-state index contributed by atoms with van der Waals surface area (Å²) in [6.07, 6.45) is -4.42. The van der Waals surface area contributed by atoms with E-state index in [0.29, 0.717) is 5.82 Å². The minimum absolute atomic E-state index is 0.00389. The van der Waals surface area contributed by atoms with Crippen LogP contribution in [0.3, 0.4) is 0 Å². The number of halogens is 3. The molecule has 1 aromatic rings. The average molecular weight is 313 g/mol. The first-order chi connectivity index (χ1) is 9.08. The van der Waals surface area contributed by atoms with E-state index >= 15 is 0 Å². The second kappa shape index (κ2) is 6.13. The molecule has 1 N–H and O–H groups in total. The Kier molecular flexibility index (Phi) is 5.20. The van der Waals surface area contributed by atoms with Crippen LogP contribution >= 0.6 is 0 Å². The van der Waals surface area contributed by atoms with Crippen LogP contribution < -0.4 is 0 Å². The quantitative estimate of drug-likeness (QED) is 0.877. The summed E-state index contributed by atoms with van der Waals surface area (Å²) in [6.45, 7) is 4.52. The van der Waals surface area contributed by atoms with Gasteiger partial charge in [0.15, 0.2) is 5.03 Å². The van der Waals surface area contributed by atoms with E-state index in [1.807, 2.05) is 13.8 Å². The SMILES string of the molecule is CCN(CCC(F)(F)F)S(=O)(=O)c1cnc(C(C)C)[nH]1. The van der Waals surface area contributed by atoms with Gasteiger partial charge in [0.25, 0.3) is 10.0 Å². The number of hydrogen-bond donors (Lipinski definition) is 1. The molecule has 0 saturated carbocycles. The summed E-state index contributed by atoms with van der Waals surface area (Å²) in [4.78, 5) is 6.57. The number of alkyl halides is 3. The lowest BCUT2D eigenvalue weighted by Gasteiger charge is -2.20. The van der Waals surface area contributed by atoms with Crippen molar-refractivity contribution in [2.45, 2.75) is 44.3 Å². The van der Waals surface area contributed by atoms with E-state index < -0.39 is 29.2 Å². The second-order valence-electron chi connectivity index (χ2n) is 4.65. The molecule has 116 valence electrons. The first-order valence-corrected chi connectivity index (χ1v) is 7.63. The molecule has 0 radical (unpaired) electrons. The Morgan fingerprint density at radius 2 is 2.00 bits per heavy atom. The van der Waals surface area contributed by atoms with Gasteiger partial charge in [-0.1, -0.05) is 20.8 Å². The monoisotopic (exact) mass is 313 g/mol. The van der Waals surface area contributed by atoms with Crippen LogP contribution in [-0.4, -0.2) is 42.0 Å². The fourth-order valence-corrected chi connectivity index (χ4v) is 2.95. The molecule has 0 aliphatic rings. The van der Waals surface area contributed by atoms with Gasteiger partial charge in [-0.15, -0.1) is 0 Å². The first kappa shape index (κ1) is 17.0. The number of hydrogen-bond acceptors (Lipinski definition) is 3. The number of nitrogens with zero attached hydrogens (tertiary/aromatic N) is 2. The van der Waals surface area contributed by atoms with Crippen LogP contribution in [0.15, 0.2) is 11.2 Å². The zero-order valence-electron chi connectivity index (χ0n) is 11.5. The number of H-pyrrole nitrogens is 1. The molecule has 0 amide bonds. The lowest BCUT2D eigenvalue weighted by Crippen LogP contribution is -2.34. The first-order valence-electron chi connectivity index (χ1n) is 6.19. The van der Waals surface area contributed by atoms with E-state index in [9.17, 15) is 21.6 Å².